The molecule has 1 aliphatic rings. The molecule has 1 atom stereocenters. The van der Waals surface area contributed by atoms with E-state index in [1.54, 1.807) is 32.2 Å². The molecular weight excluding hydrogens is 308 g/mol. The summed E-state index contributed by atoms with van der Waals surface area (Å²) in [6.45, 7) is 1.72. The number of carboxylic acids is 1. The van der Waals surface area contributed by atoms with Crippen molar-refractivity contribution in [1.82, 2.24) is 10.3 Å². The number of ether oxygens (including phenoxy) is 1. The molecule has 6 heteroatoms. The number of carbonyl (C=O) groups excluding carboxylic acids is 1. The first-order valence-corrected chi connectivity index (χ1v) is 8.05. The number of carbonyl (C=O) groups is 2. The van der Waals surface area contributed by atoms with Crippen LogP contribution in [0.5, 0.6) is 5.75 Å². The lowest BCUT2D eigenvalue weighted by Gasteiger charge is -2.15. The molecule has 1 unspecified atom stereocenters. The number of methoxy groups -OCH3 is 1. The zero-order chi connectivity index (χ0) is 17.3. The molecule has 6 nitrogen and oxygen atoms in total. The van der Waals surface area contributed by atoms with Crippen LogP contribution in [-0.4, -0.2) is 35.1 Å². The number of hydrogen-bond acceptors (Lipinski definition) is 4. The maximum absolute atomic E-state index is 12.7. The van der Waals surface area contributed by atoms with Crippen LogP contribution in [0.3, 0.4) is 0 Å². The van der Waals surface area contributed by atoms with E-state index in [1.807, 2.05) is 6.07 Å². The molecule has 1 fully saturated rings. The van der Waals surface area contributed by atoms with Gasteiger partial charge in [0.25, 0.3) is 5.91 Å². The minimum Gasteiger partial charge on any atom is -0.497 e. The van der Waals surface area contributed by atoms with Crippen LogP contribution >= 0.6 is 0 Å². The number of carboxylic acid groups (broad SMARTS) is 1. The average Bonchev–Trinajstić information content (AvgIpc) is 3.42. The number of rotatable bonds is 6. The minimum absolute atomic E-state index is 0.322. The minimum atomic E-state index is -1.04. The van der Waals surface area contributed by atoms with Gasteiger partial charge >= 0.3 is 5.97 Å². The monoisotopic (exact) mass is 328 g/mol. The van der Waals surface area contributed by atoms with Crippen molar-refractivity contribution >= 4 is 22.8 Å². The van der Waals surface area contributed by atoms with Crippen LogP contribution in [0.1, 0.15) is 48.2 Å². The predicted octanol–water partition coefficient (Wildman–Crippen LogP) is 2.71. The van der Waals surface area contributed by atoms with Gasteiger partial charge in [-0.2, -0.15) is 0 Å². The smallest absolute Gasteiger partial charge is 0.326 e. The van der Waals surface area contributed by atoms with Crippen LogP contribution in [0.15, 0.2) is 24.3 Å². The highest BCUT2D eigenvalue weighted by molar-refractivity contribution is 6.07. The molecule has 126 valence electrons. The van der Waals surface area contributed by atoms with Crippen LogP contribution < -0.4 is 10.1 Å². The van der Waals surface area contributed by atoms with Crippen molar-refractivity contribution in [1.29, 1.82) is 0 Å². The molecule has 24 heavy (non-hydrogen) atoms. The lowest BCUT2D eigenvalue weighted by molar-refractivity contribution is -0.139. The molecule has 1 aromatic carbocycles. The lowest BCUT2D eigenvalue weighted by atomic mass is 10.0. The molecule has 3 rings (SSSR count). The Labute approximate surface area is 139 Å². The summed E-state index contributed by atoms with van der Waals surface area (Å²) < 4.78 is 5.23. The third-order valence-electron chi connectivity index (χ3n) is 4.29. The maximum atomic E-state index is 12.7. The van der Waals surface area contributed by atoms with Gasteiger partial charge in [-0.3, -0.25) is 9.78 Å². The Balaban J connectivity index is 2.05. The van der Waals surface area contributed by atoms with E-state index in [2.05, 4.69) is 10.3 Å². The van der Waals surface area contributed by atoms with Gasteiger partial charge in [0, 0.05) is 17.0 Å². The van der Waals surface area contributed by atoms with E-state index in [4.69, 9.17) is 4.74 Å². The van der Waals surface area contributed by atoms with Crippen LogP contribution in [0, 0.1) is 0 Å². The second-order valence-electron chi connectivity index (χ2n) is 6.02. The van der Waals surface area contributed by atoms with Crippen LogP contribution in [0.2, 0.25) is 0 Å². The molecule has 1 aromatic heterocycles. The van der Waals surface area contributed by atoms with Crippen LogP contribution in [-0.2, 0) is 4.79 Å². The van der Waals surface area contributed by atoms with Gasteiger partial charge in [0.2, 0.25) is 0 Å². The summed E-state index contributed by atoms with van der Waals surface area (Å²) in [6.07, 6.45) is 2.47. The molecule has 1 saturated carbocycles. The van der Waals surface area contributed by atoms with Gasteiger partial charge < -0.3 is 15.2 Å². The highest BCUT2D eigenvalue weighted by atomic mass is 16.5. The number of pyridine rings is 1. The first-order valence-electron chi connectivity index (χ1n) is 8.05. The number of hydrogen-bond donors (Lipinski definition) is 2. The summed E-state index contributed by atoms with van der Waals surface area (Å²) >= 11 is 0. The van der Waals surface area contributed by atoms with E-state index in [0.717, 1.165) is 18.5 Å². The van der Waals surface area contributed by atoms with E-state index in [-0.39, 0.29) is 0 Å². The first kappa shape index (κ1) is 16.2. The summed E-state index contributed by atoms with van der Waals surface area (Å²) in [5.74, 6) is -0.414. The largest absolute Gasteiger partial charge is 0.497 e. The van der Waals surface area contributed by atoms with E-state index in [9.17, 15) is 14.7 Å². The van der Waals surface area contributed by atoms with Gasteiger partial charge in [-0.25, -0.2) is 4.79 Å². The van der Waals surface area contributed by atoms with Gasteiger partial charge in [0.1, 0.15) is 11.8 Å². The summed E-state index contributed by atoms with van der Waals surface area (Å²) in [5.41, 5.74) is 2.05. The van der Waals surface area contributed by atoms with E-state index < -0.39 is 17.9 Å². The van der Waals surface area contributed by atoms with Crippen molar-refractivity contribution in [2.24, 2.45) is 0 Å². The average molecular weight is 328 g/mol. The Kier molecular flexibility index (Phi) is 4.38. The molecule has 0 bridgehead atoms. The third kappa shape index (κ3) is 3.18. The molecule has 2 aromatic rings. The number of amides is 1. The normalized spacial score (nSPS) is 15.1. The van der Waals surface area contributed by atoms with Crippen molar-refractivity contribution in [2.45, 2.75) is 38.1 Å². The Hall–Kier alpha value is -2.63. The number of benzene rings is 1. The zero-order valence-corrected chi connectivity index (χ0v) is 13.7. The summed E-state index contributed by atoms with van der Waals surface area (Å²) in [4.78, 5) is 28.5. The third-order valence-corrected chi connectivity index (χ3v) is 4.29. The zero-order valence-electron chi connectivity index (χ0n) is 13.7. The molecule has 2 N–H and O–H groups in total. The van der Waals surface area contributed by atoms with Gasteiger partial charge in [0.15, 0.2) is 0 Å². The summed E-state index contributed by atoms with van der Waals surface area (Å²) in [5, 5.41) is 12.4. The lowest BCUT2D eigenvalue weighted by Crippen LogP contribution is -2.40. The SMILES string of the molecule is CCC(NC(=O)c1cc(C2CC2)nc2ccc(OC)cc12)C(=O)O. The number of aliphatic carboxylic acids is 1. The van der Waals surface area contributed by atoms with Crippen molar-refractivity contribution in [3.8, 4) is 5.75 Å². The van der Waals surface area contributed by atoms with Gasteiger partial charge in [-0.1, -0.05) is 6.92 Å². The standard InChI is InChI=1S/C18H20N2O4/c1-3-14(18(22)23)20-17(21)13-9-16(10-4-5-10)19-15-7-6-11(24-2)8-12(13)15/h6-10,14H,3-5H2,1-2H3,(H,20,21)(H,22,23). The van der Waals surface area contributed by atoms with Crippen molar-refractivity contribution in [3.63, 3.8) is 0 Å². The number of aromatic nitrogens is 1. The van der Waals surface area contributed by atoms with E-state index in [0.29, 0.717) is 34.6 Å². The van der Waals surface area contributed by atoms with Gasteiger partial charge in [0.05, 0.1) is 18.2 Å². The Morgan fingerprint density at radius 2 is 2.12 bits per heavy atom. The molecule has 0 radical (unpaired) electrons. The Morgan fingerprint density at radius 1 is 1.38 bits per heavy atom. The molecule has 1 amide bonds. The number of nitrogens with zero attached hydrogens (tertiary/aromatic N) is 1. The molecule has 0 aliphatic heterocycles. The molecule has 1 heterocycles. The van der Waals surface area contributed by atoms with E-state index in [1.165, 1.54) is 0 Å². The molecule has 0 saturated heterocycles. The summed E-state index contributed by atoms with van der Waals surface area (Å²) in [7, 11) is 1.56. The van der Waals surface area contributed by atoms with Gasteiger partial charge in [-0.05, 0) is 43.5 Å². The highest BCUT2D eigenvalue weighted by Gasteiger charge is 2.28. The highest BCUT2D eigenvalue weighted by Crippen LogP contribution is 2.40. The maximum Gasteiger partial charge on any atom is 0.326 e. The molecule has 1 aliphatic carbocycles. The predicted molar refractivity (Wildman–Crippen MR) is 89.5 cm³/mol. The van der Waals surface area contributed by atoms with Crippen LogP contribution in [0.4, 0.5) is 0 Å². The molecule has 0 spiro atoms. The molecular formula is C18H20N2O4. The van der Waals surface area contributed by atoms with Gasteiger partial charge in [-0.15, -0.1) is 0 Å². The Bertz CT molecular complexity index is 799. The topological polar surface area (TPSA) is 88.5 Å². The van der Waals surface area contributed by atoms with Crippen LogP contribution in [0.25, 0.3) is 10.9 Å². The Morgan fingerprint density at radius 3 is 2.71 bits per heavy atom. The van der Waals surface area contributed by atoms with Crippen molar-refractivity contribution in [2.75, 3.05) is 7.11 Å². The number of nitrogens with one attached hydrogen (secondary N) is 1. The van der Waals surface area contributed by atoms with Crippen molar-refractivity contribution in [3.05, 3.63) is 35.5 Å². The summed E-state index contributed by atoms with van der Waals surface area (Å²) in [6, 6.07) is 6.26. The second-order valence-corrected chi connectivity index (χ2v) is 6.02. The fourth-order valence-electron chi connectivity index (χ4n) is 2.70. The second kappa shape index (κ2) is 6.47. The van der Waals surface area contributed by atoms with Crippen molar-refractivity contribution < 1.29 is 19.4 Å². The fourth-order valence-corrected chi connectivity index (χ4v) is 2.70. The number of fused-ring (bicyclic) bond motifs is 1. The van der Waals surface area contributed by atoms with E-state index >= 15 is 0 Å². The first-order chi connectivity index (χ1) is 11.5. The quantitative estimate of drug-likeness (QED) is 0.851. The fraction of sp³-hybridized carbons (Fsp3) is 0.389.